The van der Waals surface area contributed by atoms with Gasteiger partial charge in [0.1, 0.15) is 11.6 Å². The van der Waals surface area contributed by atoms with Crippen molar-refractivity contribution in [1.29, 1.82) is 0 Å². The number of hydrogen-bond donors (Lipinski definition) is 0. The number of halogens is 1. The van der Waals surface area contributed by atoms with Gasteiger partial charge in [0.15, 0.2) is 0 Å². The number of Topliss-reactive ketones (excluding diaryl/α,β-unsaturated/α-hetero) is 1. The van der Waals surface area contributed by atoms with Gasteiger partial charge in [-0.25, -0.2) is 9.78 Å². The Labute approximate surface area is 211 Å². The van der Waals surface area contributed by atoms with Crippen molar-refractivity contribution in [2.24, 2.45) is 5.92 Å². The lowest BCUT2D eigenvalue weighted by atomic mass is 9.83. The molecule has 1 saturated carbocycles. The topological polar surface area (TPSA) is 64.4 Å². The van der Waals surface area contributed by atoms with E-state index in [1.54, 1.807) is 11.8 Å². The summed E-state index contributed by atoms with van der Waals surface area (Å²) < 4.78 is 7.46. The molecule has 0 bridgehead atoms. The first-order valence-electron chi connectivity index (χ1n) is 12.5. The van der Waals surface area contributed by atoms with Crippen LogP contribution in [0.1, 0.15) is 68.9 Å². The highest BCUT2D eigenvalue weighted by molar-refractivity contribution is 6.30. The molecule has 0 N–H and O–H groups in total. The predicted molar refractivity (Wildman–Crippen MR) is 138 cm³/mol. The van der Waals surface area contributed by atoms with Crippen LogP contribution in [0.2, 0.25) is 5.02 Å². The van der Waals surface area contributed by atoms with Crippen LogP contribution in [0, 0.1) is 5.92 Å². The van der Waals surface area contributed by atoms with Crippen molar-refractivity contribution >= 4 is 40.2 Å². The summed E-state index contributed by atoms with van der Waals surface area (Å²) in [6, 6.07) is 12.3. The Kier molecular flexibility index (Phi) is 6.58. The van der Waals surface area contributed by atoms with E-state index in [-0.39, 0.29) is 29.9 Å². The molecule has 1 aromatic heterocycles. The number of benzene rings is 2. The zero-order chi connectivity index (χ0) is 24.7. The van der Waals surface area contributed by atoms with Crippen LogP contribution in [0.25, 0.3) is 11.0 Å². The van der Waals surface area contributed by atoms with Gasteiger partial charge >= 0.3 is 6.09 Å². The second kappa shape index (κ2) is 9.65. The van der Waals surface area contributed by atoms with Crippen molar-refractivity contribution in [3.8, 4) is 0 Å². The third-order valence-electron chi connectivity index (χ3n) is 7.74. The number of imidazole rings is 1. The fraction of sp³-hybridized carbons (Fsp3) is 0.464. The van der Waals surface area contributed by atoms with Gasteiger partial charge in [-0.3, -0.25) is 9.69 Å². The van der Waals surface area contributed by atoms with E-state index in [0.717, 1.165) is 72.2 Å². The zero-order valence-electron chi connectivity index (χ0n) is 20.6. The minimum absolute atomic E-state index is 0.0649. The molecule has 5 rings (SSSR count). The summed E-state index contributed by atoms with van der Waals surface area (Å²) in [5.74, 6) is 1.35. The smallest absolute Gasteiger partial charge is 0.414 e. The van der Waals surface area contributed by atoms with Crippen molar-refractivity contribution in [1.82, 2.24) is 9.55 Å². The van der Waals surface area contributed by atoms with Gasteiger partial charge in [-0.05, 0) is 75.8 Å². The molecule has 7 heteroatoms. The van der Waals surface area contributed by atoms with Crippen LogP contribution >= 0.6 is 11.6 Å². The lowest BCUT2D eigenvalue weighted by Crippen LogP contribution is -2.42. The number of methoxy groups -OCH3 is 1. The molecule has 2 heterocycles. The molecular formula is C28H32ClN3O3. The Hall–Kier alpha value is -2.86. The third kappa shape index (κ3) is 4.44. The largest absolute Gasteiger partial charge is 0.452 e. The fourth-order valence-electron chi connectivity index (χ4n) is 5.95. The van der Waals surface area contributed by atoms with Crippen molar-refractivity contribution < 1.29 is 14.3 Å². The molecule has 184 valence electrons. The molecule has 6 nitrogen and oxygen atoms in total. The molecule has 2 aromatic carbocycles. The Morgan fingerprint density at radius 2 is 2.00 bits per heavy atom. The first-order chi connectivity index (χ1) is 16.9. The van der Waals surface area contributed by atoms with E-state index in [9.17, 15) is 9.59 Å². The van der Waals surface area contributed by atoms with Crippen LogP contribution in [-0.4, -0.2) is 34.6 Å². The second-order valence-electron chi connectivity index (χ2n) is 9.99. The fourth-order valence-corrected chi connectivity index (χ4v) is 6.17. The van der Waals surface area contributed by atoms with Crippen LogP contribution in [0.15, 0.2) is 36.4 Å². The summed E-state index contributed by atoms with van der Waals surface area (Å²) in [5.41, 5.74) is 5.11. The van der Waals surface area contributed by atoms with E-state index in [1.807, 2.05) is 24.3 Å². The molecule has 3 aromatic rings. The average Bonchev–Trinajstić information content (AvgIpc) is 3.21. The van der Waals surface area contributed by atoms with Gasteiger partial charge in [0.2, 0.25) is 0 Å². The first-order valence-corrected chi connectivity index (χ1v) is 12.9. The van der Waals surface area contributed by atoms with Crippen LogP contribution in [0.5, 0.6) is 0 Å². The van der Waals surface area contributed by atoms with E-state index >= 15 is 0 Å². The van der Waals surface area contributed by atoms with E-state index in [0.29, 0.717) is 11.4 Å². The third-order valence-corrected chi connectivity index (χ3v) is 7.97. The van der Waals surface area contributed by atoms with Crippen molar-refractivity contribution in [2.75, 3.05) is 12.0 Å². The Morgan fingerprint density at radius 3 is 2.74 bits per heavy atom. The quantitative estimate of drug-likeness (QED) is 0.415. The van der Waals surface area contributed by atoms with Crippen LogP contribution < -0.4 is 4.90 Å². The van der Waals surface area contributed by atoms with Crippen LogP contribution in [0.3, 0.4) is 0 Å². The monoisotopic (exact) mass is 493 g/mol. The normalized spacial score (nSPS) is 22.2. The van der Waals surface area contributed by atoms with Gasteiger partial charge in [-0.2, -0.15) is 0 Å². The summed E-state index contributed by atoms with van der Waals surface area (Å²) in [6.07, 6.45) is 5.89. The minimum atomic E-state index is -0.340. The van der Waals surface area contributed by atoms with Gasteiger partial charge in [-0.1, -0.05) is 30.2 Å². The first kappa shape index (κ1) is 23.9. The number of aryl methyl sites for hydroxylation is 1. The Bertz CT molecular complexity index is 1280. The predicted octanol–water partition coefficient (Wildman–Crippen LogP) is 6.51. The number of aromatic nitrogens is 2. The maximum Gasteiger partial charge on any atom is 0.414 e. The van der Waals surface area contributed by atoms with Gasteiger partial charge in [0.05, 0.1) is 23.8 Å². The summed E-state index contributed by atoms with van der Waals surface area (Å²) in [7, 11) is 1.42. The molecule has 1 aliphatic heterocycles. The molecule has 2 aliphatic rings. The molecule has 1 amide bonds. The molecule has 0 saturated heterocycles. The molecule has 0 unspecified atom stereocenters. The highest BCUT2D eigenvalue weighted by atomic mass is 35.5. The molecule has 3 atom stereocenters. The number of ether oxygens (including phenoxy) is 1. The number of nitrogens with zero attached hydrogens (tertiary/aromatic N) is 3. The van der Waals surface area contributed by atoms with E-state index in [1.165, 1.54) is 7.11 Å². The number of hydrogen-bond acceptors (Lipinski definition) is 4. The Morgan fingerprint density at radius 1 is 1.17 bits per heavy atom. The van der Waals surface area contributed by atoms with Crippen molar-refractivity contribution in [3.63, 3.8) is 0 Å². The number of amides is 1. The number of anilines is 1. The Balaban J connectivity index is 1.66. The van der Waals surface area contributed by atoms with Gasteiger partial charge in [-0.15, -0.1) is 0 Å². The highest BCUT2D eigenvalue weighted by Crippen LogP contribution is 2.41. The standard InChI is InChI=1S/C28H32ClN3O3/c1-17-10-11-23-24(31(17)28(34)35-3)12-13-25-27(23)30-26(15-19-6-4-8-21(29)14-19)32(25)22-9-5-7-20(16-22)18(2)33/h4,6,8,12-14,17,20,22H,5,7,9-11,15-16H2,1-3H3/t17-,20+,22+/m0/s1. The van der Waals surface area contributed by atoms with Crippen LogP contribution in [-0.2, 0) is 22.4 Å². The maximum atomic E-state index is 12.6. The highest BCUT2D eigenvalue weighted by Gasteiger charge is 2.33. The van der Waals surface area contributed by atoms with E-state index < -0.39 is 0 Å². The van der Waals surface area contributed by atoms with Gasteiger partial charge in [0.25, 0.3) is 0 Å². The molecule has 1 aliphatic carbocycles. The lowest BCUT2D eigenvalue weighted by molar-refractivity contribution is -0.122. The summed E-state index contributed by atoms with van der Waals surface area (Å²) in [4.78, 5) is 31.8. The lowest BCUT2D eigenvalue weighted by Gasteiger charge is -2.34. The van der Waals surface area contributed by atoms with Crippen LogP contribution in [0.4, 0.5) is 10.5 Å². The zero-order valence-corrected chi connectivity index (χ0v) is 21.3. The number of ketones is 1. The van der Waals surface area contributed by atoms with Crippen molar-refractivity contribution in [3.05, 3.63) is 58.4 Å². The average molecular weight is 494 g/mol. The number of rotatable bonds is 4. The summed E-state index contributed by atoms with van der Waals surface area (Å²) in [6.45, 7) is 3.77. The van der Waals surface area contributed by atoms with Gasteiger partial charge in [0, 0.05) is 35.0 Å². The van der Waals surface area contributed by atoms with E-state index in [4.69, 9.17) is 21.3 Å². The number of carbonyl (C=O) groups excluding carboxylic acids is 2. The SMILES string of the molecule is COC(=O)N1c2ccc3c(nc(Cc4cccc(Cl)c4)n3[C@@H]3CCC[C@@H](C(C)=O)C3)c2CC[C@@H]1C. The maximum absolute atomic E-state index is 12.6. The molecule has 1 fully saturated rings. The molecule has 35 heavy (non-hydrogen) atoms. The van der Waals surface area contributed by atoms with Crippen molar-refractivity contribution in [2.45, 2.75) is 70.9 Å². The molecule has 0 spiro atoms. The second-order valence-corrected chi connectivity index (χ2v) is 10.4. The summed E-state index contributed by atoms with van der Waals surface area (Å²) in [5, 5.41) is 0.708. The minimum Gasteiger partial charge on any atom is -0.452 e. The summed E-state index contributed by atoms with van der Waals surface area (Å²) >= 11 is 6.29. The molecule has 0 radical (unpaired) electrons. The molecular weight excluding hydrogens is 462 g/mol. The van der Waals surface area contributed by atoms with Gasteiger partial charge < -0.3 is 9.30 Å². The number of carbonyl (C=O) groups is 2. The number of fused-ring (bicyclic) bond motifs is 3. The van der Waals surface area contributed by atoms with E-state index in [2.05, 4.69) is 23.6 Å².